The lowest BCUT2D eigenvalue weighted by molar-refractivity contribution is -0.137. The summed E-state index contributed by atoms with van der Waals surface area (Å²) in [6.07, 6.45) is 4.69. The molecule has 0 unspecified atom stereocenters. The van der Waals surface area contributed by atoms with Crippen molar-refractivity contribution < 1.29 is 14.3 Å². The van der Waals surface area contributed by atoms with Crippen LogP contribution in [0, 0.1) is 12.3 Å². The van der Waals surface area contributed by atoms with E-state index in [9.17, 15) is 4.79 Å². The van der Waals surface area contributed by atoms with E-state index in [1.165, 1.54) is 7.11 Å². The third-order valence-electron chi connectivity index (χ3n) is 0.638. The van der Waals surface area contributed by atoms with Gasteiger partial charge in [-0.25, -0.2) is 4.79 Å². The maximum absolute atomic E-state index is 10.2. The Labute approximate surface area is 54.0 Å². The highest BCUT2D eigenvalue weighted by atomic mass is 16.6. The average molecular weight is 128 g/mol. The number of esters is 1. The number of methoxy groups -OCH3 is 1. The lowest BCUT2D eigenvalue weighted by Crippen LogP contribution is -2.06. The molecule has 0 saturated carbocycles. The molecule has 3 heteroatoms. The van der Waals surface area contributed by atoms with Crippen molar-refractivity contribution in [3.05, 3.63) is 0 Å². The molecule has 0 aliphatic heterocycles. The van der Waals surface area contributed by atoms with Crippen LogP contribution in [0.4, 0.5) is 0 Å². The van der Waals surface area contributed by atoms with Crippen molar-refractivity contribution in [3.63, 3.8) is 0 Å². The minimum Gasteiger partial charge on any atom is -0.454 e. The monoisotopic (exact) mass is 128 g/mol. The molecule has 0 aliphatic rings. The molecule has 9 heavy (non-hydrogen) atoms. The predicted molar refractivity (Wildman–Crippen MR) is 31.7 cm³/mol. The van der Waals surface area contributed by atoms with Crippen molar-refractivity contribution in [1.29, 1.82) is 0 Å². The van der Waals surface area contributed by atoms with Crippen LogP contribution in [0.15, 0.2) is 0 Å². The zero-order valence-corrected chi connectivity index (χ0v) is 5.22. The second kappa shape index (κ2) is 5.13. The fourth-order valence-electron chi connectivity index (χ4n) is 0.259. The largest absolute Gasteiger partial charge is 0.454 e. The van der Waals surface area contributed by atoms with E-state index in [4.69, 9.17) is 0 Å². The van der Waals surface area contributed by atoms with Crippen molar-refractivity contribution in [2.24, 2.45) is 0 Å². The van der Waals surface area contributed by atoms with E-state index in [1.54, 1.807) is 0 Å². The minimum atomic E-state index is -0.646. The summed E-state index contributed by atoms with van der Waals surface area (Å²) in [6.45, 7) is 0.604. The SMILES string of the molecule is C#CC(=O)OCCOC. The molecule has 0 rings (SSSR count). The molecule has 0 aromatic carbocycles. The summed E-state index contributed by atoms with van der Waals surface area (Å²) >= 11 is 0. The highest BCUT2D eigenvalue weighted by Crippen LogP contribution is 1.75. The third kappa shape index (κ3) is 4.85. The van der Waals surface area contributed by atoms with Crippen LogP contribution in [0.2, 0.25) is 0 Å². The fourth-order valence-corrected chi connectivity index (χ4v) is 0.259. The average Bonchev–Trinajstić information content (AvgIpc) is 1.89. The number of hydrogen-bond acceptors (Lipinski definition) is 3. The van der Waals surface area contributed by atoms with Gasteiger partial charge >= 0.3 is 5.97 Å². The van der Waals surface area contributed by atoms with Crippen LogP contribution in [-0.4, -0.2) is 26.3 Å². The highest BCUT2D eigenvalue weighted by molar-refractivity contribution is 5.87. The van der Waals surface area contributed by atoms with Crippen molar-refractivity contribution in [2.75, 3.05) is 20.3 Å². The van der Waals surface area contributed by atoms with Gasteiger partial charge in [0, 0.05) is 13.0 Å². The molecule has 0 amide bonds. The molecule has 0 aromatic heterocycles. The second-order valence-electron chi connectivity index (χ2n) is 1.27. The molecule has 0 aliphatic carbocycles. The molecule has 0 heterocycles. The maximum atomic E-state index is 10.2. The first-order chi connectivity index (χ1) is 4.31. The fraction of sp³-hybridized carbons (Fsp3) is 0.500. The summed E-state index contributed by atoms with van der Waals surface area (Å²) in [5.74, 6) is 1.16. The van der Waals surface area contributed by atoms with Crippen LogP contribution < -0.4 is 0 Å². The van der Waals surface area contributed by atoms with Gasteiger partial charge in [-0.15, -0.1) is 6.42 Å². The smallest absolute Gasteiger partial charge is 0.384 e. The van der Waals surface area contributed by atoms with E-state index in [0.717, 1.165) is 0 Å². The Balaban J connectivity index is 3.10. The predicted octanol–water partition coefficient (Wildman–Crippen LogP) is -0.191. The van der Waals surface area contributed by atoms with Gasteiger partial charge in [0.25, 0.3) is 0 Å². The summed E-state index contributed by atoms with van der Waals surface area (Å²) in [5.41, 5.74) is 0. The number of terminal acetylenes is 1. The lowest BCUT2D eigenvalue weighted by Gasteiger charge is -1.96. The Bertz CT molecular complexity index is 123. The number of carbonyl (C=O) groups is 1. The summed E-state index contributed by atoms with van der Waals surface area (Å²) in [7, 11) is 1.52. The van der Waals surface area contributed by atoms with E-state index in [0.29, 0.717) is 6.61 Å². The first-order valence-electron chi connectivity index (χ1n) is 2.43. The van der Waals surface area contributed by atoms with Crippen LogP contribution in [0.3, 0.4) is 0 Å². The van der Waals surface area contributed by atoms with Gasteiger partial charge in [-0.3, -0.25) is 0 Å². The van der Waals surface area contributed by atoms with Crippen molar-refractivity contribution in [2.45, 2.75) is 0 Å². The zero-order valence-electron chi connectivity index (χ0n) is 5.22. The maximum Gasteiger partial charge on any atom is 0.384 e. The van der Waals surface area contributed by atoms with E-state index >= 15 is 0 Å². The molecule has 0 bridgehead atoms. The van der Waals surface area contributed by atoms with E-state index < -0.39 is 5.97 Å². The Morgan fingerprint density at radius 1 is 1.67 bits per heavy atom. The zero-order chi connectivity index (χ0) is 7.11. The minimum absolute atomic E-state index is 0.222. The molecule has 0 N–H and O–H groups in total. The van der Waals surface area contributed by atoms with Gasteiger partial charge in [0.15, 0.2) is 0 Å². The Hall–Kier alpha value is -1.01. The van der Waals surface area contributed by atoms with Crippen LogP contribution >= 0.6 is 0 Å². The summed E-state index contributed by atoms with van der Waals surface area (Å²) in [6, 6.07) is 0. The van der Waals surface area contributed by atoms with Crippen molar-refractivity contribution >= 4 is 5.97 Å². The Kier molecular flexibility index (Phi) is 4.56. The first-order valence-corrected chi connectivity index (χ1v) is 2.43. The van der Waals surface area contributed by atoms with Gasteiger partial charge in [-0.05, 0) is 0 Å². The van der Waals surface area contributed by atoms with Gasteiger partial charge in [-0.1, -0.05) is 0 Å². The molecule has 0 aromatic rings. The summed E-state index contributed by atoms with van der Waals surface area (Å²) in [4.78, 5) is 10.2. The summed E-state index contributed by atoms with van der Waals surface area (Å²) < 4.78 is 9.02. The molecular formula is C6H8O3. The van der Waals surface area contributed by atoms with Gasteiger partial charge < -0.3 is 9.47 Å². The molecular weight excluding hydrogens is 120 g/mol. The molecule has 3 nitrogen and oxygen atoms in total. The number of hydrogen-bond donors (Lipinski definition) is 0. The molecule has 50 valence electrons. The highest BCUT2D eigenvalue weighted by Gasteiger charge is 1.92. The second-order valence-corrected chi connectivity index (χ2v) is 1.27. The first kappa shape index (κ1) is 7.99. The lowest BCUT2D eigenvalue weighted by atomic mass is 10.7. The molecule has 0 radical (unpaired) electrons. The standard InChI is InChI=1S/C6H8O3/c1-3-6(7)9-5-4-8-2/h1H,4-5H2,2H3. The topological polar surface area (TPSA) is 35.5 Å². The van der Waals surface area contributed by atoms with Gasteiger partial charge in [0.1, 0.15) is 6.61 Å². The van der Waals surface area contributed by atoms with Crippen molar-refractivity contribution in [3.8, 4) is 12.3 Å². The van der Waals surface area contributed by atoms with Crippen LogP contribution in [0.25, 0.3) is 0 Å². The van der Waals surface area contributed by atoms with Gasteiger partial charge in [0.2, 0.25) is 0 Å². The quantitative estimate of drug-likeness (QED) is 0.229. The van der Waals surface area contributed by atoms with Gasteiger partial charge in [0.05, 0.1) is 6.61 Å². The van der Waals surface area contributed by atoms with Crippen molar-refractivity contribution in [1.82, 2.24) is 0 Å². The van der Waals surface area contributed by atoms with Crippen LogP contribution in [0.1, 0.15) is 0 Å². The number of ether oxygens (including phenoxy) is 2. The number of carbonyl (C=O) groups excluding carboxylic acids is 1. The summed E-state index contributed by atoms with van der Waals surface area (Å²) in [5, 5.41) is 0. The molecule has 0 spiro atoms. The molecule has 0 atom stereocenters. The van der Waals surface area contributed by atoms with E-state index in [2.05, 4.69) is 15.9 Å². The Morgan fingerprint density at radius 2 is 2.33 bits per heavy atom. The van der Waals surface area contributed by atoms with E-state index in [1.807, 2.05) is 5.92 Å². The van der Waals surface area contributed by atoms with Crippen LogP contribution in [0.5, 0.6) is 0 Å². The molecule has 0 saturated heterocycles. The van der Waals surface area contributed by atoms with Gasteiger partial charge in [-0.2, -0.15) is 0 Å². The van der Waals surface area contributed by atoms with Crippen LogP contribution in [-0.2, 0) is 14.3 Å². The third-order valence-corrected chi connectivity index (χ3v) is 0.638. The normalized spacial score (nSPS) is 8.00. The van der Waals surface area contributed by atoms with E-state index in [-0.39, 0.29) is 6.61 Å². The Morgan fingerprint density at radius 3 is 2.78 bits per heavy atom. The molecule has 0 fully saturated rings. The number of rotatable bonds is 3.